The molecule has 2 atom stereocenters. The topological polar surface area (TPSA) is 49.3 Å². The van der Waals surface area contributed by atoms with Gasteiger partial charge in [0.25, 0.3) is 0 Å². The third-order valence-electron chi connectivity index (χ3n) is 2.65. The largest absolute Gasteiger partial charge is 0.388 e. The van der Waals surface area contributed by atoms with Crippen LogP contribution in [-0.4, -0.2) is 11.0 Å². The summed E-state index contributed by atoms with van der Waals surface area (Å²) in [4.78, 5) is 11.6. The van der Waals surface area contributed by atoms with E-state index in [0.717, 1.165) is 10.0 Å². The van der Waals surface area contributed by atoms with E-state index in [4.69, 9.17) is 0 Å². The number of aliphatic hydroxyl groups is 1. The molecule has 2 N–H and O–H groups in total. The molecule has 15 heavy (non-hydrogen) atoms. The van der Waals surface area contributed by atoms with Crippen LogP contribution in [0.4, 0.5) is 5.69 Å². The SMILES string of the molecule is CC1CC(O)c2cc(Br)ccc2NC1=O. The summed E-state index contributed by atoms with van der Waals surface area (Å²) >= 11 is 3.35. The molecular formula is C11H12BrNO2. The Morgan fingerprint density at radius 1 is 1.53 bits per heavy atom. The second-order valence-corrected chi connectivity index (χ2v) is 4.79. The summed E-state index contributed by atoms with van der Waals surface area (Å²) in [7, 11) is 0. The highest BCUT2D eigenvalue weighted by atomic mass is 79.9. The average Bonchev–Trinajstić information content (AvgIpc) is 2.28. The van der Waals surface area contributed by atoms with E-state index in [1.54, 1.807) is 6.07 Å². The molecule has 1 aromatic carbocycles. The molecule has 0 aromatic heterocycles. The molecule has 80 valence electrons. The number of hydrogen-bond acceptors (Lipinski definition) is 2. The highest BCUT2D eigenvalue weighted by Crippen LogP contribution is 2.33. The number of hydrogen-bond donors (Lipinski definition) is 2. The van der Waals surface area contributed by atoms with E-state index in [0.29, 0.717) is 12.1 Å². The van der Waals surface area contributed by atoms with E-state index < -0.39 is 6.10 Å². The average molecular weight is 270 g/mol. The van der Waals surface area contributed by atoms with Gasteiger partial charge in [0.1, 0.15) is 0 Å². The van der Waals surface area contributed by atoms with Crippen molar-refractivity contribution in [3.8, 4) is 0 Å². The highest BCUT2D eigenvalue weighted by Gasteiger charge is 2.25. The van der Waals surface area contributed by atoms with Gasteiger partial charge in [0.15, 0.2) is 0 Å². The van der Waals surface area contributed by atoms with Crippen molar-refractivity contribution in [3.63, 3.8) is 0 Å². The number of carbonyl (C=O) groups is 1. The molecule has 1 aliphatic heterocycles. The Kier molecular flexibility index (Phi) is 2.80. The van der Waals surface area contributed by atoms with Gasteiger partial charge in [-0.3, -0.25) is 4.79 Å². The first-order valence-corrected chi connectivity index (χ1v) is 5.65. The molecule has 1 amide bonds. The maximum atomic E-state index is 11.6. The van der Waals surface area contributed by atoms with Gasteiger partial charge in [-0.1, -0.05) is 22.9 Å². The van der Waals surface area contributed by atoms with Crippen LogP contribution < -0.4 is 5.32 Å². The van der Waals surface area contributed by atoms with E-state index >= 15 is 0 Å². The number of amides is 1. The minimum Gasteiger partial charge on any atom is -0.388 e. The molecule has 0 radical (unpaired) electrons. The normalized spacial score (nSPS) is 25.4. The van der Waals surface area contributed by atoms with Crippen molar-refractivity contribution in [2.75, 3.05) is 5.32 Å². The molecule has 4 heteroatoms. The Morgan fingerprint density at radius 2 is 2.27 bits per heavy atom. The lowest BCUT2D eigenvalue weighted by atomic mass is 9.99. The fraction of sp³-hybridized carbons (Fsp3) is 0.364. The minimum atomic E-state index is -0.577. The van der Waals surface area contributed by atoms with E-state index in [-0.39, 0.29) is 11.8 Å². The Bertz CT molecular complexity index is 406. The molecule has 2 rings (SSSR count). The summed E-state index contributed by atoms with van der Waals surface area (Å²) in [5, 5.41) is 12.8. The Labute approximate surface area is 96.6 Å². The van der Waals surface area contributed by atoms with Crippen molar-refractivity contribution < 1.29 is 9.90 Å². The van der Waals surface area contributed by atoms with Crippen LogP contribution in [0.15, 0.2) is 22.7 Å². The van der Waals surface area contributed by atoms with Gasteiger partial charge in [-0.25, -0.2) is 0 Å². The molecule has 2 unspecified atom stereocenters. The van der Waals surface area contributed by atoms with Gasteiger partial charge in [0.05, 0.1) is 6.10 Å². The molecular weight excluding hydrogens is 258 g/mol. The fourth-order valence-electron chi connectivity index (χ4n) is 1.75. The number of halogens is 1. The molecule has 1 heterocycles. The van der Waals surface area contributed by atoms with Crippen molar-refractivity contribution in [3.05, 3.63) is 28.2 Å². The van der Waals surface area contributed by atoms with Gasteiger partial charge < -0.3 is 10.4 Å². The van der Waals surface area contributed by atoms with Gasteiger partial charge >= 0.3 is 0 Å². The van der Waals surface area contributed by atoms with E-state index in [9.17, 15) is 9.90 Å². The highest BCUT2D eigenvalue weighted by molar-refractivity contribution is 9.10. The lowest BCUT2D eigenvalue weighted by Crippen LogP contribution is -2.18. The first-order chi connectivity index (χ1) is 7.08. The first-order valence-electron chi connectivity index (χ1n) is 4.86. The Balaban J connectivity index is 2.46. The minimum absolute atomic E-state index is 0.0323. The van der Waals surface area contributed by atoms with Crippen LogP contribution in [0.25, 0.3) is 0 Å². The quantitative estimate of drug-likeness (QED) is 0.760. The van der Waals surface area contributed by atoms with E-state index in [1.165, 1.54) is 0 Å². The number of nitrogens with one attached hydrogen (secondary N) is 1. The fourth-order valence-corrected chi connectivity index (χ4v) is 2.13. The molecule has 0 saturated heterocycles. The van der Waals surface area contributed by atoms with Gasteiger partial charge in [0, 0.05) is 21.6 Å². The molecule has 0 fully saturated rings. The maximum Gasteiger partial charge on any atom is 0.227 e. The number of carbonyl (C=O) groups excluding carboxylic acids is 1. The zero-order valence-corrected chi connectivity index (χ0v) is 9.91. The zero-order valence-electron chi connectivity index (χ0n) is 8.33. The van der Waals surface area contributed by atoms with Gasteiger partial charge in [-0.2, -0.15) is 0 Å². The summed E-state index contributed by atoms with van der Waals surface area (Å²) in [5.74, 6) is -0.193. The number of aliphatic hydroxyl groups excluding tert-OH is 1. The summed E-state index contributed by atoms with van der Waals surface area (Å²) in [6.07, 6.45) is -0.110. The summed E-state index contributed by atoms with van der Waals surface area (Å²) in [5.41, 5.74) is 1.49. The smallest absolute Gasteiger partial charge is 0.227 e. The van der Waals surface area contributed by atoms with Crippen molar-refractivity contribution in [1.82, 2.24) is 0 Å². The molecule has 0 bridgehead atoms. The lowest BCUT2D eigenvalue weighted by Gasteiger charge is -2.11. The molecule has 1 aromatic rings. The van der Waals surface area contributed by atoms with Crippen LogP contribution in [0.1, 0.15) is 25.0 Å². The predicted octanol–water partition coefficient (Wildman–Crippen LogP) is 2.46. The van der Waals surface area contributed by atoms with Crippen LogP contribution >= 0.6 is 15.9 Å². The van der Waals surface area contributed by atoms with Crippen molar-refractivity contribution in [1.29, 1.82) is 0 Å². The Hall–Kier alpha value is -0.870. The number of rotatable bonds is 0. The zero-order chi connectivity index (χ0) is 11.0. The number of fused-ring (bicyclic) bond motifs is 1. The second-order valence-electron chi connectivity index (χ2n) is 3.87. The van der Waals surface area contributed by atoms with E-state index in [2.05, 4.69) is 21.2 Å². The molecule has 0 spiro atoms. The molecule has 1 aliphatic rings. The lowest BCUT2D eigenvalue weighted by molar-refractivity contribution is -0.120. The van der Waals surface area contributed by atoms with Crippen LogP contribution in [0.5, 0.6) is 0 Å². The molecule has 3 nitrogen and oxygen atoms in total. The summed E-state index contributed by atoms with van der Waals surface area (Å²) in [6, 6.07) is 5.50. The predicted molar refractivity (Wildman–Crippen MR) is 61.5 cm³/mol. The second kappa shape index (κ2) is 3.94. The van der Waals surface area contributed by atoms with Crippen molar-refractivity contribution in [2.24, 2.45) is 5.92 Å². The van der Waals surface area contributed by atoms with Crippen LogP contribution in [0, 0.1) is 5.92 Å². The maximum absolute atomic E-state index is 11.6. The van der Waals surface area contributed by atoms with E-state index in [1.807, 2.05) is 19.1 Å². The van der Waals surface area contributed by atoms with Gasteiger partial charge in [0.2, 0.25) is 5.91 Å². The summed E-state index contributed by atoms with van der Waals surface area (Å²) < 4.78 is 0.907. The number of benzene rings is 1. The Morgan fingerprint density at radius 3 is 3.00 bits per heavy atom. The van der Waals surface area contributed by atoms with Crippen LogP contribution in [-0.2, 0) is 4.79 Å². The summed E-state index contributed by atoms with van der Waals surface area (Å²) in [6.45, 7) is 1.82. The monoisotopic (exact) mass is 269 g/mol. The third-order valence-corrected chi connectivity index (χ3v) is 3.15. The number of anilines is 1. The first kappa shape index (κ1) is 10.6. The van der Waals surface area contributed by atoms with Crippen molar-refractivity contribution in [2.45, 2.75) is 19.4 Å². The van der Waals surface area contributed by atoms with Crippen LogP contribution in [0.3, 0.4) is 0 Å². The standard InChI is InChI=1S/C11H12BrNO2/c1-6-4-10(14)8-5-7(12)2-3-9(8)13-11(6)15/h2-3,5-6,10,14H,4H2,1H3,(H,13,15). The van der Waals surface area contributed by atoms with Gasteiger partial charge in [-0.15, -0.1) is 0 Å². The van der Waals surface area contributed by atoms with Crippen LogP contribution in [0.2, 0.25) is 0 Å². The van der Waals surface area contributed by atoms with Crippen molar-refractivity contribution >= 4 is 27.5 Å². The third kappa shape index (κ3) is 2.06. The van der Waals surface area contributed by atoms with Gasteiger partial charge in [-0.05, 0) is 24.6 Å². The molecule has 0 saturated carbocycles. The molecule has 0 aliphatic carbocycles.